The largest absolute Gasteiger partial charge is 0.456 e. The van der Waals surface area contributed by atoms with Crippen molar-refractivity contribution >= 4 is 61.9 Å². The van der Waals surface area contributed by atoms with Crippen molar-refractivity contribution in [3.63, 3.8) is 0 Å². The Morgan fingerprint density at radius 1 is 0.769 bits per heavy atom. The van der Waals surface area contributed by atoms with E-state index in [4.69, 9.17) is 4.42 Å². The topological polar surface area (TPSA) is 18.1 Å². The van der Waals surface area contributed by atoms with Crippen LogP contribution in [0, 0.1) is 0 Å². The van der Waals surface area contributed by atoms with Crippen LogP contribution in [0.5, 0.6) is 0 Å². The molecule has 2 aliphatic carbocycles. The number of thioether (sulfide) groups is 1. The molecule has 0 saturated heterocycles. The third kappa shape index (κ3) is 3.05. The number of aryl methyl sites for hydroxylation is 1. The van der Waals surface area contributed by atoms with Crippen molar-refractivity contribution in [2.75, 3.05) is 0 Å². The van der Waals surface area contributed by atoms with Gasteiger partial charge in [0.15, 0.2) is 0 Å². The summed E-state index contributed by atoms with van der Waals surface area (Å²) in [5, 5.41) is 4.29. The lowest BCUT2D eigenvalue weighted by Gasteiger charge is -2.24. The van der Waals surface area contributed by atoms with Crippen molar-refractivity contribution < 1.29 is 4.42 Å². The predicted molar refractivity (Wildman–Crippen MR) is 164 cm³/mol. The van der Waals surface area contributed by atoms with E-state index in [1.807, 2.05) is 11.8 Å². The molecule has 3 aliphatic rings. The van der Waals surface area contributed by atoms with Crippen LogP contribution < -0.4 is 0 Å². The highest BCUT2D eigenvalue weighted by Gasteiger charge is 2.36. The Hall–Kier alpha value is -4.21. The molecule has 0 spiro atoms. The first-order valence-corrected chi connectivity index (χ1v) is 14.6. The monoisotopic (exact) mass is 519 g/mol. The second-order valence-electron chi connectivity index (χ2n) is 10.7. The number of nitrogens with zero attached hydrogens (tertiary/aromatic N) is 1. The highest BCUT2D eigenvalue weighted by atomic mass is 32.2. The van der Waals surface area contributed by atoms with Gasteiger partial charge in [0.2, 0.25) is 0 Å². The van der Waals surface area contributed by atoms with Gasteiger partial charge in [-0.1, -0.05) is 85.0 Å². The lowest BCUT2D eigenvalue weighted by molar-refractivity contribution is 0.595. The van der Waals surface area contributed by atoms with Gasteiger partial charge in [0.1, 0.15) is 11.3 Å². The molecule has 2 nitrogen and oxygen atoms in total. The fraction of sp³-hybridized carbons (Fsp3) is 0.111. The number of aromatic nitrogens is 1. The Morgan fingerprint density at radius 3 is 2.38 bits per heavy atom. The van der Waals surface area contributed by atoms with Crippen LogP contribution in [0.15, 0.2) is 119 Å². The molecule has 3 heterocycles. The number of allylic oxidation sites excluding steroid dienone is 4. The summed E-state index contributed by atoms with van der Waals surface area (Å²) in [4.78, 5) is 1.41. The molecule has 0 N–H and O–H groups in total. The zero-order chi connectivity index (χ0) is 25.5. The smallest absolute Gasteiger partial charge is 0.135 e. The standard InChI is InChI=1S/C36H25NOS/c1-4-15-30-23(9-1)24-10-2-5-16-31(24)37(30)22-19-20-29-33(21-22)38-32-17-8-12-26(35(29)32)28-14-7-13-27-25-11-3-6-18-34(25)39-36(27)28/h1-18,21,27,36H,19-20H2. The maximum absolute atomic E-state index is 6.61. The van der Waals surface area contributed by atoms with E-state index in [9.17, 15) is 0 Å². The van der Waals surface area contributed by atoms with Gasteiger partial charge in [0.05, 0.1) is 11.0 Å². The van der Waals surface area contributed by atoms with Gasteiger partial charge >= 0.3 is 0 Å². The maximum Gasteiger partial charge on any atom is 0.135 e. The lowest BCUT2D eigenvalue weighted by atomic mass is 9.83. The Bertz CT molecular complexity index is 2010. The van der Waals surface area contributed by atoms with Crippen molar-refractivity contribution in [3.05, 3.63) is 132 Å². The Kier molecular flexibility index (Phi) is 4.53. The van der Waals surface area contributed by atoms with Gasteiger partial charge in [-0.15, -0.1) is 11.8 Å². The van der Waals surface area contributed by atoms with Gasteiger partial charge < -0.3 is 8.98 Å². The fourth-order valence-electron chi connectivity index (χ4n) is 7.04. The number of hydrogen-bond donors (Lipinski definition) is 0. The summed E-state index contributed by atoms with van der Waals surface area (Å²) in [7, 11) is 0. The van der Waals surface area contributed by atoms with E-state index in [2.05, 4.69) is 120 Å². The van der Waals surface area contributed by atoms with Gasteiger partial charge in [-0.05, 0) is 53.8 Å². The van der Waals surface area contributed by atoms with Crippen molar-refractivity contribution in [2.45, 2.75) is 28.9 Å². The van der Waals surface area contributed by atoms with Gasteiger partial charge in [0, 0.05) is 49.6 Å². The van der Waals surface area contributed by atoms with E-state index >= 15 is 0 Å². The molecular weight excluding hydrogens is 494 g/mol. The first kappa shape index (κ1) is 21.7. The van der Waals surface area contributed by atoms with Crippen LogP contribution in [-0.2, 0) is 6.42 Å². The SMILES string of the molecule is C1=CC2c3ccccc3SC2C(c2cccc3oc4c(c23)CCC(n2c3ccccc3c3ccccc32)=C4)=C1. The average molecular weight is 520 g/mol. The van der Waals surface area contributed by atoms with E-state index in [1.165, 1.54) is 60.0 Å². The molecule has 0 bridgehead atoms. The number of benzene rings is 4. The second-order valence-corrected chi connectivity index (χ2v) is 11.9. The third-order valence-corrected chi connectivity index (χ3v) is 10.1. The minimum absolute atomic E-state index is 0.399. The number of fused-ring (bicyclic) bond motifs is 9. The average Bonchev–Trinajstić information content (AvgIpc) is 3.66. The molecule has 39 heavy (non-hydrogen) atoms. The number of furan rings is 1. The molecule has 6 aromatic rings. The van der Waals surface area contributed by atoms with Crippen molar-refractivity contribution in [3.8, 4) is 0 Å². The van der Waals surface area contributed by atoms with Crippen molar-refractivity contribution in [1.82, 2.24) is 4.57 Å². The van der Waals surface area contributed by atoms with Gasteiger partial charge in [-0.2, -0.15) is 0 Å². The summed E-state index contributed by atoms with van der Waals surface area (Å²) >= 11 is 2.01. The maximum atomic E-state index is 6.61. The Morgan fingerprint density at radius 2 is 1.54 bits per heavy atom. The number of para-hydroxylation sites is 2. The summed E-state index contributed by atoms with van der Waals surface area (Å²) in [5.74, 6) is 1.43. The van der Waals surface area contributed by atoms with Gasteiger partial charge in [-0.25, -0.2) is 0 Å². The molecule has 0 fully saturated rings. The molecule has 186 valence electrons. The summed E-state index contributed by atoms with van der Waals surface area (Å²) in [5.41, 5.74) is 10.3. The summed E-state index contributed by atoms with van der Waals surface area (Å²) < 4.78 is 9.04. The quantitative estimate of drug-likeness (QED) is 0.227. The Labute approximate surface area is 230 Å². The fourth-order valence-corrected chi connectivity index (χ4v) is 8.52. The summed E-state index contributed by atoms with van der Waals surface area (Å²) in [6.07, 6.45) is 11.2. The van der Waals surface area contributed by atoms with E-state index in [1.54, 1.807) is 0 Å². The van der Waals surface area contributed by atoms with Crippen LogP contribution in [-0.4, -0.2) is 9.82 Å². The van der Waals surface area contributed by atoms with Gasteiger partial charge in [0.25, 0.3) is 0 Å². The molecule has 2 atom stereocenters. The Balaban J connectivity index is 1.20. The van der Waals surface area contributed by atoms with Crippen molar-refractivity contribution in [2.24, 2.45) is 0 Å². The van der Waals surface area contributed by atoms with Crippen LogP contribution in [0.25, 0.3) is 50.1 Å². The predicted octanol–water partition coefficient (Wildman–Crippen LogP) is 9.70. The first-order chi connectivity index (χ1) is 19.3. The molecule has 1 aliphatic heterocycles. The normalized spacial score (nSPS) is 19.7. The molecule has 2 unspecified atom stereocenters. The van der Waals surface area contributed by atoms with E-state index in [-0.39, 0.29) is 0 Å². The molecule has 0 radical (unpaired) electrons. The molecule has 4 aromatic carbocycles. The van der Waals surface area contributed by atoms with Crippen LogP contribution in [0.4, 0.5) is 0 Å². The van der Waals surface area contributed by atoms with E-state index < -0.39 is 0 Å². The zero-order valence-electron chi connectivity index (χ0n) is 21.3. The molecule has 3 heteroatoms. The highest BCUT2D eigenvalue weighted by Crippen LogP contribution is 2.54. The zero-order valence-corrected chi connectivity index (χ0v) is 22.1. The van der Waals surface area contributed by atoms with Crippen molar-refractivity contribution in [1.29, 1.82) is 0 Å². The molecule has 9 rings (SSSR count). The molecular formula is C36H25NOS. The van der Waals surface area contributed by atoms with Crippen LogP contribution in [0.3, 0.4) is 0 Å². The molecule has 0 amide bonds. The minimum atomic E-state index is 0.399. The van der Waals surface area contributed by atoms with Crippen LogP contribution in [0.2, 0.25) is 0 Å². The molecule has 2 aromatic heterocycles. The number of rotatable bonds is 2. The second kappa shape index (κ2) is 8.14. The van der Waals surface area contributed by atoms with Crippen LogP contribution in [0.1, 0.15) is 34.8 Å². The number of hydrogen-bond acceptors (Lipinski definition) is 2. The van der Waals surface area contributed by atoms with E-state index in [0.717, 1.165) is 24.2 Å². The minimum Gasteiger partial charge on any atom is -0.456 e. The third-order valence-electron chi connectivity index (χ3n) is 8.71. The lowest BCUT2D eigenvalue weighted by Crippen LogP contribution is -2.13. The first-order valence-electron chi connectivity index (χ1n) is 13.7. The summed E-state index contributed by atoms with van der Waals surface area (Å²) in [6.45, 7) is 0. The highest BCUT2D eigenvalue weighted by molar-refractivity contribution is 8.00. The van der Waals surface area contributed by atoms with Crippen LogP contribution >= 0.6 is 11.8 Å². The summed E-state index contributed by atoms with van der Waals surface area (Å²) in [6, 6.07) is 33.0. The van der Waals surface area contributed by atoms with Gasteiger partial charge in [-0.3, -0.25) is 0 Å². The molecule has 0 saturated carbocycles. The van der Waals surface area contributed by atoms with E-state index in [0.29, 0.717) is 11.2 Å².